The normalized spacial score (nSPS) is 40.6. The first-order valence-electron chi connectivity index (χ1n) is 3.61. The molecule has 0 aromatic heterocycles. The first-order valence-corrected chi connectivity index (χ1v) is 3.61. The minimum Gasteiger partial charge on any atom is -0.376 e. The molecule has 3 heteroatoms. The summed E-state index contributed by atoms with van der Waals surface area (Å²) in [4.78, 5) is 11.1. The molecule has 0 spiro atoms. The Hall–Kier alpha value is -0.305. The van der Waals surface area contributed by atoms with E-state index in [0.29, 0.717) is 0 Å². The van der Waals surface area contributed by atoms with Crippen molar-refractivity contribution in [3.8, 4) is 0 Å². The summed E-state index contributed by atoms with van der Waals surface area (Å²) in [6.45, 7) is 3.73. The van der Waals surface area contributed by atoms with Gasteiger partial charge in [0.2, 0.25) is 0 Å². The molecule has 10 heavy (non-hydrogen) atoms. The standard InChI is InChI=1S/C7H11BO2/c1-3-5-6(9)4(2)7(8)10-5/h4-5,7H,3H2,1-2H3/t4-,5-,7-/m0/s1. The lowest BCUT2D eigenvalue weighted by molar-refractivity contribution is -0.124. The van der Waals surface area contributed by atoms with Crippen LogP contribution in [0.3, 0.4) is 0 Å². The molecule has 54 valence electrons. The van der Waals surface area contributed by atoms with Crippen molar-refractivity contribution in [1.29, 1.82) is 0 Å². The summed E-state index contributed by atoms with van der Waals surface area (Å²) in [5.41, 5.74) is 0. The molecule has 3 atom stereocenters. The van der Waals surface area contributed by atoms with Gasteiger partial charge in [0.25, 0.3) is 0 Å². The molecule has 1 aliphatic rings. The van der Waals surface area contributed by atoms with Crippen LogP contribution in [-0.4, -0.2) is 25.7 Å². The number of ether oxygens (including phenoxy) is 1. The topological polar surface area (TPSA) is 26.3 Å². The van der Waals surface area contributed by atoms with Gasteiger partial charge in [-0.3, -0.25) is 4.79 Å². The molecular formula is C7H11BO2. The van der Waals surface area contributed by atoms with E-state index in [1.54, 1.807) is 0 Å². The van der Waals surface area contributed by atoms with E-state index in [1.165, 1.54) is 0 Å². The molecule has 0 aromatic rings. The van der Waals surface area contributed by atoms with E-state index in [1.807, 2.05) is 13.8 Å². The number of carbonyl (C=O) groups excluding carboxylic acids is 1. The number of rotatable bonds is 1. The third-order valence-electron chi connectivity index (χ3n) is 1.95. The van der Waals surface area contributed by atoms with Crippen LogP contribution >= 0.6 is 0 Å². The summed E-state index contributed by atoms with van der Waals surface area (Å²) >= 11 is 0. The molecule has 0 unspecified atom stereocenters. The van der Waals surface area contributed by atoms with Gasteiger partial charge in [-0.2, -0.15) is 0 Å². The fourth-order valence-corrected chi connectivity index (χ4v) is 1.13. The fraction of sp³-hybridized carbons (Fsp3) is 0.857. The zero-order chi connectivity index (χ0) is 7.72. The van der Waals surface area contributed by atoms with Crippen molar-refractivity contribution >= 4 is 13.6 Å². The van der Waals surface area contributed by atoms with Gasteiger partial charge in [-0.05, 0) is 6.42 Å². The van der Waals surface area contributed by atoms with E-state index in [9.17, 15) is 4.79 Å². The Morgan fingerprint density at radius 3 is 2.50 bits per heavy atom. The van der Waals surface area contributed by atoms with Crippen molar-refractivity contribution in [2.24, 2.45) is 5.92 Å². The molecule has 0 aliphatic carbocycles. The highest BCUT2D eigenvalue weighted by Crippen LogP contribution is 2.21. The van der Waals surface area contributed by atoms with Gasteiger partial charge in [-0.1, -0.05) is 13.8 Å². The van der Waals surface area contributed by atoms with Crippen molar-refractivity contribution in [1.82, 2.24) is 0 Å². The van der Waals surface area contributed by atoms with E-state index in [4.69, 9.17) is 12.6 Å². The minimum absolute atomic E-state index is 0.120. The lowest BCUT2D eigenvalue weighted by Crippen LogP contribution is -2.18. The van der Waals surface area contributed by atoms with Gasteiger partial charge in [-0.25, -0.2) is 0 Å². The molecule has 1 saturated heterocycles. The van der Waals surface area contributed by atoms with Gasteiger partial charge in [0.05, 0.1) is 0 Å². The number of hydrogen-bond donors (Lipinski definition) is 0. The Morgan fingerprint density at radius 2 is 2.30 bits per heavy atom. The molecular weight excluding hydrogens is 127 g/mol. The molecule has 0 aromatic carbocycles. The highest BCUT2D eigenvalue weighted by Gasteiger charge is 2.35. The SMILES string of the molecule is [B][C@H]1O[C@@H](CC)C(=O)[C@@H]1C. The highest BCUT2D eigenvalue weighted by atomic mass is 16.5. The Labute approximate surface area is 62.3 Å². The summed E-state index contributed by atoms with van der Waals surface area (Å²) in [7, 11) is 5.49. The molecule has 0 N–H and O–H groups in total. The van der Waals surface area contributed by atoms with Gasteiger partial charge < -0.3 is 4.74 Å². The summed E-state index contributed by atoms with van der Waals surface area (Å²) in [5.74, 6) is 0.0277. The minimum atomic E-state index is -0.377. The lowest BCUT2D eigenvalue weighted by atomic mass is 9.87. The van der Waals surface area contributed by atoms with Gasteiger partial charge in [-0.15, -0.1) is 0 Å². The lowest BCUT2D eigenvalue weighted by Gasteiger charge is -2.05. The van der Waals surface area contributed by atoms with Crippen molar-refractivity contribution in [2.45, 2.75) is 32.4 Å². The molecule has 1 heterocycles. The molecule has 1 aliphatic heterocycles. The Balaban J connectivity index is 2.62. The second kappa shape index (κ2) is 2.75. The third kappa shape index (κ3) is 1.10. The van der Waals surface area contributed by atoms with E-state index in [2.05, 4.69) is 0 Å². The summed E-state index contributed by atoms with van der Waals surface area (Å²) in [5, 5.41) is 0. The van der Waals surface area contributed by atoms with Crippen LogP contribution in [0.15, 0.2) is 0 Å². The zero-order valence-electron chi connectivity index (χ0n) is 6.33. The van der Waals surface area contributed by atoms with E-state index < -0.39 is 0 Å². The fourth-order valence-electron chi connectivity index (χ4n) is 1.13. The highest BCUT2D eigenvalue weighted by molar-refractivity contribution is 6.14. The van der Waals surface area contributed by atoms with Crippen LogP contribution in [0.5, 0.6) is 0 Å². The quantitative estimate of drug-likeness (QED) is 0.493. The molecule has 1 rings (SSSR count). The second-order valence-electron chi connectivity index (χ2n) is 2.69. The van der Waals surface area contributed by atoms with Crippen molar-refractivity contribution in [2.75, 3.05) is 0 Å². The van der Waals surface area contributed by atoms with Gasteiger partial charge in [0.15, 0.2) is 5.78 Å². The van der Waals surface area contributed by atoms with Crippen LogP contribution in [0, 0.1) is 5.92 Å². The van der Waals surface area contributed by atoms with Crippen LogP contribution < -0.4 is 0 Å². The van der Waals surface area contributed by atoms with E-state index >= 15 is 0 Å². The predicted octanol–water partition coefficient (Wildman–Crippen LogP) is 0.495. The van der Waals surface area contributed by atoms with Crippen molar-refractivity contribution in [3.63, 3.8) is 0 Å². The first kappa shape index (κ1) is 7.80. The van der Waals surface area contributed by atoms with Gasteiger partial charge >= 0.3 is 0 Å². The maximum Gasteiger partial charge on any atom is 0.166 e. The second-order valence-corrected chi connectivity index (χ2v) is 2.69. The Kier molecular flexibility index (Phi) is 2.14. The van der Waals surface area contributed by atoms with Crippen LogP contribution in [0.25, 0.3) is 0 Å². The predicted molar refractivity (Wildman–Crippen MR) is 38.9 cm³/mol. The van der Waals surface area contributed by atoms with E-state index in [-0.39, 0.29) is 23.8 Å². The monoisotopic (exact) mass is 138 g/mol. The van der Waals surface area contributed by atoms with Crippen molar-refractivity contribution < 1.29 is 9.53 Å². The van der Waals surface area contributed by atoms with Crippen LogP contribution in [0.1, 0.15) is 20.3 Å². The molecule has 0 amide bonds. The largest absolute Gasteiger partial charge is 0.376 e. The number of carbonyl (C=O) groups is 1. The average molecular weight is 138 g/mol. The Bertz CT molecular complexity index is 147. The molecule has 0 bridgehead atoms. The number of Topliss-reactive ketones (excluding diaryl/α,β-unsaturated/α-hetero) is 1. The van der Waals surface area contributed by atoms with Crippen molar-refractivity contribution in [3.05, 3.63) is 0 Å². The molecule has 2 radical (unpaired) electrons. The molecule has 1 fully saturated rings. The summed E-state index contributed by atoms with van der Waals surface area (Å²) in [6, 6.07) is -0.377. The number of ketones is 1. The van der Waals surface area contributed by atoms with Crippen LogP contribution in [-0.2, 0) is 9.53 Å². The average Bonchev–Trinajstić information content (AvgIpc) is 2.17. The van der Waals surface area contributed by atoms with E-state index in [0.717, 1.165) is 6.42 Å². The smallest absolute Gasteiger partial charge is 0.166 e. The third-order valence-corrected chi connectivity index (χ3v) is 1.95. The van der Waals surface area contributed by atoms with Gasteiger partial charge in [0.1, 0.15) is 14.0 Å². The summed E-state index contributed by atoms with van der Waals surface area (Å²) in [6.07, 6.45) is 0.488. The molecule has 0 saturated carbocycles. The van der Waals surface area contributed by atoms with Crippen LogP contribution in [0.4, 0.5) is 0 Å². The first-order chi connectivity index (χ1) is 4.66. The Morgan fingerprint density at radius 1 is 1.70 bits per heavy atom. The summed E-state index contributed by atoms with van der Waals surface area (Å²) < 4.78 is 5.16. The maximum atomic E-state index is 11.1. The number of hydrogen-bond acceptors (Lipinski definition) is 2. The molecule has 2 nitrogen and oxygen atoms in total. The van der Waals surface area contributed by atoms with Gasteiger partial charge in [0, 0.05) is 11.9 Å². The van der Waals surface area contributed by atoms with Crippen LogP contribution in [0.2, 0.25) is 0 Å². The zero-order valence-corrected chi connectivity index (χ0v) is 6.33. The maximum absolute atomic E-state index is 11.1.